The number of hydrazone groups is 1. The van der Waals surface area contributed by atoms with Gasteiger partial charge in [0.05, 0.1) is 17.2 Å². The molecule has 0 atom stereocenters. The minimum absolute atomic E-state index is 0.0540. The maximum atomic E-state index is 13.3. The summed E-state index contributed by atoms with van der Waals surface area (Å²) in [6.45, 7) is 3.36. The molecule has 2 aromatic carbocycles. The molecule has 0 N–H and O–H groups in total. The Morgan fingerprint density at radius 2 is 1.65 bits per heavy atom. The van der Waals surface area contributed by atoms with Crippen LogP contribution in [0.3, 0.4) is 0 Å². The van der Waals surface area contributed by atoms with Gasteiger partial charge in [0.1, 0.15) is 5.82 Å². The standard InChI is InChI=1S/C21H23ClFN5O2S/c1-26-12-14-27(15-13-26)21(25-31(29,30)19-8-6-18(23)7-9-19)28-11-10-20(24-28)16-2-4-17(22)5-3-16/h2-9H,10-15H2,1H3/b25-21+. The third kappa shape index (κ3) is 5.06. The average Bonchev–Trinajstić information content (AvgIpc) is 3.24. The highest BCUT2D eigenvalue weighted by Gasteiger charge is 2.29. The molecular formula is C21H23ClFN5O2S. The van der Waals surface area contributed by atoms with Crippen LogP contribution in [-0.4, -0.2) is 74.7 Å². The molecule has 2 aliphatic rings. The number of likely N-dealkylation sites (N-methyl/N-ethyl adjacent to an activating group) is 1. The van der Waals surface area contributed by atoms with Crippen molar-refractivity contribution in [1.29, 1.82) is 0 Å². The molecule has 0 bridgehead atoms. The first kappa shape index (κ1) is 21.7. The lowest BCUT2D eigenvalue weighted by molar-refractivity contribution is 0.199. The highest BCUT2D eigenvalue weighted by Crippen LogP contribution is 2.21. The van der Waals surface area contributed by atoms with Gasteiger partial charge < -0.3 is 9.80 Å². The summed E-state index contributed by atoms with van der Waals surface area (Å²) in [4.78, 5) is 4.06. The van der Waals surface area contributed by atoms with Gasteiger partial charge in [-0.3, -0.25) is 0 Å². The van der Waals surface area contributed by atoms with Crippen LogP contribution in [0.15, 0.2) is 62.9 Å². The zero-order valence-corrected chi connectivity index (χ0v) is 18.7. The Morgan fingerprint density at radius 3 is 2.29 bits per heavy atom. The van der Waals surface area contributed by atoms with E-state index in [2.05, 4.69) is 14.4 Å². The van der Waals surface area contributed by atoms with E-state index in [4.69, 9.17) is 11.6 Å². The summed E-state index contributed by atoms with van der Waals surface area (Å²) in [6, 6.07) is 12.1. The third-order valence-electron chi connectivity index (χ3n) is 5.31. The molecule has 0 saturated carbocycles. The average molecular weight is 464 g/mol. The first-order chi connectivity index (χ1) is 14.8. The second-order valence-corrected chi connectivity index (χ2v) is 9.58. The number of rotatable bonds is 3. The van der Waals surface area contributed by atoms with Gasteiger partial charge in [0.15, 0.2) is 0 Å². The Bertz CT molecular complexity index is 1100. The van der Waals surface area contributed by atoms with Gasteiger partial charge in [0.2, 0.25) is 5.96 Å². The molecule has 4 rings (SSSR count). The number of halogens is 2. The number of nitrogens with zero attached hydrogens (tertiary/aromatic N) is 5. The summed E-state index contributed by atoms with van der Waals surface area (Å²) < 4.78 is 43.4. The monoisotopic (exact) mass is 463 g/mol. The molecule has 0 amide bonds. The van der Waals surface area contributed by atoms with Crippen LogP contribution in [0.25, 0.3) is 0 Å². The van der Waals surface area contributed by atoms with Crippen molar-refractivity contribution in [1.82, 2.24) is 14.8 Å². The van der Waals surface area contributed by atoms with E-state index in [1.807, 2.05) is 24.1 Å². The topological polar surface area (TPSA) is 68.6 Å². The Hall–Kier alpha value is -2.49. The van der Waals surface area contributed by atoms with Crippen molar-refractivity contribution in [2.75, 3.05) is 39.8 Å². The SMILES string of the molecule is CN1CCN(/C(=N\S(=O)(=O)c2ccc(F)cc2)N2CCC(c3ccc(Cl)cc3)=N2)CC1. The number of guanidine groups is 1. The summed E-state index contributed by atoms with van der Waals surface area (Å²) in [6.07, 6.45) is 0.658. The molecule has 0 aromatic heterocycles. The highest BCUT2D eigenvalue weighted by molar-refractivity contribution is 7.90. The summed E-state index contributed by atoms with van der Waals surface area (Å²) in [5.74, 6) is -0.208. The summed E-state index contributed by atoms with van der Waals surface area (Å²) in [7, 11) is -2.00. The summed E-state index contributed by atoms with van der Waals surface area (Å²) in [5.41, 5.74) is 1.78. The van der Waals surface area contributed by atoms with Crippen molar-refractivity contribution in [3.63, 3.8) is 0 Å². The van der Waals surface area contributed by atoms with Crippen molar-refractivity contribution in [2.45, 2.75) is 11.3 Å². The third-order valence-corrected chi connectivity index (χ3v) is 6.83. The summed E-state index contributed by atoms with van der Waals surface area (Å²) >= 11 is 5.98. The van der Waals surface area contributed by atoms with Gasteiger partial charge >= 0.3 is 0 Å². The van der Waals surface area contributed by atoms with Crippen molar-refractivity contribution in [2.24, 2.45) is 9.50 Å². The number of benzene rings is 2. The fraction of sp³-hybridized carbons (Fsp3) is 0.333. The maximum absolute atomic E-state index is 13.3. The molecule has 0 aliphatic carbocycles. The van der Waals surface area contributed by atoms with Gasteiger partial charge in [-0.1, -0.05) is 23.7 Å². The van der Waals surface area contributed by atoms with Gasteiger partial charge in [-0.25, -0.2) is 9.40 Å². The molecule has 0 spiro atoms. The van der Waals surface area contributed by atoms with Crippen LogP contribution in [0.2, 0.25) is 5.02 Å². The predicted molar refractivity (Wildman–Crippen MR) is 119 cm³/mol. The number of piperazine rings is 1. The first-order valence-corrected chi connectivity index (χ1v) is 11.8. The zero-order valence-electron chi connectivity index (χ0n) is 17.1. The van der Waals surface area contributed by atoms with E-state index in [0.29, 0.717) is 37.0 Å². The number of hydrogen-bond donors (Lipinski definition) is 0. The lowest BCUT2D eigenvalue weighted by Gasteiger charge is -2.36. The van der Waals surface area contributed by atoms with Crippen molar-refractivity contribution < 1.29 is 12.8 Å². The molecule has 7 nitrogen and oxygen atoms in total. The minimum Gasteiger partial charge on any atom is -0.338 e. The lowest BCUT2D eigenvalue weighted by atomic mass is 10.1. The van der Waals surface area contributed by atoms with Crippen LogP contribution < -0.4 is 0 Å². The van der Waals surface area contributed by atoms with Gasteiger partial charge in [0, 0.05) is 37.6 Å². The molecule has 0 unspecified atom stereocenters. The molecule has 2 aliphatic heterocycles. The van der Waals surface area contributed by atoms with Crippen LogP contribution in [0.4, 0.5) is 4.39 Å². The van der Waals surface area contributed by atoms with Crippen molar-refractivity contribution >= 4 is 33.3 Å². The predicted octanol–water partition coefficient (Wildman–Crippen LogP) is 2.88. The Morgan fingerprint density at radius 1 is 1.00 bits per heavy atom. The maximum Gasteiger partial charge on any atom is 0.285 e. The fourth-order valence-corrected chi connectivity index (χ4v) is 4.62. The smallest absolute Gasteiger partial charge is 0.285 e. The molecular weight excluding hydrogens is 441 g/mol. The first-order valence-electron chi connectivity index (χ1n) is 9.97. The molecule has 0 radical (unpaired) electrons. The summed E-state index contributed by atoms with van der Waals surface area (Å²) in [5, 5.41) is 6.96. The van der Waals surface area contributed by atoms with Gasteiger partial charge in [-0.05, 0) is 49.0 Å². The second-order valence-electron chi connectivity index (χ2n) is 7.54. The quantitative estimate of drug-likeness (QED) is 0.517. The minimum atomic E-state index is -4.03. The van der Waals surface area contributed by atoms with E-state index in [1.165, 1.54) is 12.1 Å². The van der Waals surface area contributed by atoms with E-state index < -0.39 is 15.8 Å². The molecule has 2 heterocycles. The van der Waals surface area contributed by atoms with E-state index in [-0.39, 0.29) is 4.90 Å². The van der Waals surface area contributed by atoms with Gasteiger partial charge in [0.25, 0.3) is 10.0 Å². The molecule has 31 heavy (non-hydrogen) atoms. The Kier molecular flexibility index (Phi) is 6.27. The van der Waals surface area contributed by atoms with Crippen molar-refractivity contribution in [3.05, 3.63) is 64.9 Å². The van der Waals surface area contributed by atoms with Crippen LogP contribution in [0.5, 0.6) is 0 Å². The van der Waals surface area contributed by atoms with Crippen LogP contribution in [0, 0.1) is 5.82 Å². The normalized spacial score (nSPS) is 18.4. The van der Waals surface area contributed by atoms with Crippen LogP contribution >= 0.6 is 11.6 Å². The highest BCUT2D eigenvalue weighted by atomic mass is 35.5. The van der Waals surface area contributed by atoms with Crippen LogP contribution in [-0.2, 0) is 10.0 Å². The van der Waals surface area contributed by atoms with Crippen LogP contribution in [0.1, 0.15) is 12.0 Å². The van der Waals surface area contributed by atoms with E-state index in [0.717, 1.165) is 36.5 Å². The van der Waals surface area contributed by atoms with E-state index in [9.17, 15) is 12.8 Å². The Labute approximate surface area is 186 Å². The van der Waals surface area contributed by atoms with E-state index >= 15 is 0 Å². The van der Waals surface area contributed by atoms with Gasteiger partial charge in [-0.2, -0.15) is 13.5 Å². The molecule has 1 saturated heterocycles. The van der Waals surface area contributed by atoms with E-state index in [1.54, 1.807) is 17.1 Å². The molecule has 10 heteroatoms. The van der Waals surface area contributed by atoms with Crippen molar-refractivity contribution in [3.8, 4) is 0 Å². The molecule has 164 valence electrons. The molecule has 1 fully saturated rings. The second kappa shape index (κ2) is 8.94. The Balaban J connectivity index is 1.68. The molecule has 2 aromatic rings. The zero-order chi connectivity index (χ0) is 22.0. The number of sulfonamides is 1. The fourth-order valence-electron chi connectivity index (χ4n) is 3.49. The number of hydrogen-bond acceptors (Lipinski definition) is 4. The van der Waals surface area contributed by atoms with Gasteiger partial charge in [-0.15, -0.1) is 4.40 Å². The largest absolute Gasteiger partial charge is 0.338 e. The lowest BCUT2D eigenvalue weighted by Crippen LogP contribution is -2.51.